The van der Waals surface area contributed by atoms with Gasteiger partial charge in [-0.15, -0.1) is 0 Å². The quantitative estimate of drug-likeness (QED) is 0.548. The summed E-state index contributed by atoms with van der Waals surface area (Å²) in [6.45, 7) is 1.25. The molecule has 0 aromatic heterocycles. The Labute approximate surface area is 144 Å². The molecule has 0 aliphatic rings. The minimum atomic E-state index is -4.12. The first-order valence-corrected chi connectivity index (χ1v) is 7.98. The van der Waals surface area contributed by atoms with Crippen molar-refractivity contribution in [2.75, 3.05) is 13.2 Å². The summed E-state index contributed by atoms with van der Waals surface area (Å²) in [5, 5.41) is 0. The van der Waals surface area contributed by atoms with Crippen molar-refractivity contribution >= 4 is 0 Å². The Morgan fingerprint density at radius 2 is 1.48 bits per heavy atom. The Morgan fingerprint density at radius 3 is 2.00 bits per heavy atom. The number of ether oxygens (including phenoxy) is 2. The molecule has 0 spiro atoms. The van der Waals surface area contributed by atoms with Crippen LogP contribution < -0.4 is 4.74 Å². The zero-order chi connectivity index (χ0) is 18.3. The van der Waals surface area contributed by atoms with Gasteiger partial charge in [0.2, 0.25) is 0 Å². The predicted molar refractivity (Wildman–Crippen MR) is 88.3 cm³/mol. The molecule has 136 valence electrons. The smallest absolute Gasteiger partial charge is 0.330 e. The van der Waals surface area contributed by atoms with Crippen LogP contribution >= 0.6 is 0 Å². The molecule has 0 saturated carbocycles. The second-order valence-corrected chi connectivity index (χ2v) is 5.62. The molecule has 0 aliphatic heterocycles. The molecule has 0 unspecified atom stereocenters. The van der Waals surface area contributed by atoms with Crippen molar-refractivity contribution in [1.29, 1.82) is 0 Å². The monoisotopic (exact) mass is 356 g/mol. The minimum Gasteiger partial charge on any atom is -0.494 e. The predicted octanol–water partition coefficient (Wildman–Crippen LogP) is 5.56. The van der Waals surface area contributed by atoms with Crippen molar-refractivity contribution in [3.8, 4) is 16.9 Å². The maximum absolute atomic E-state index is 12.8. The normalized spacial score (nSPS) is 11.8. The van der Waals surface area contributed by atoms with E-state index in [9.17, 15) is 17.6 Å². The summed E-state index contributed by atoms with van der Waals surface area (Å²) < 4.78 is 59.8. The molecule has 2 nitrogen and oxygen atoms in total. The van der Waals surface area contributed by atoms with Gasteiger partial charge in [-0.3, -0.25) is 0 Å². The number of hydrogen-bond acceptors (Lipinski definition) is 2. The molecule has 0 amide bonds. The van der Waals surface area contributed by atoms with Crippen LogP contribution in [-0.2, 0) is 11.3 Å². The highest BCUT2D eigenvalue weighted by Crippen LogP contribution is 2.25. The van der Waals surface area contributed by atoms with Crippen molar-refractivity contribution in [3.63, 3.8) is 0 Å². The fourth-order valence-electron chi connectivity index (χ4n) is 2.12. The lowest BCUT2D eigenvalue weighted by molar-refractivity contribution is -0.168. The van der Waals surface area contributed by atoms with E-state index in [2.05, 4.69) is 0 Å². The highest BCUT2D eigenvalue weighted by molar-refractivity contribution is 5.64. The number of alkyl halides is 4. The number of benzene rings is 2. The van der Waals surface area contributed by atoms with Gasteiger partial charge in [0, 0.05) is 0 Å². The summed E-state index contributed by atoms with van der Waals surface area (Å²) in [5.74, 6) is -3.32. The molecule has 25 heavy (non-hydrogen) atoms. The zero-order valence-corrected chi connectivity index (χ0v) is 13.9. The molecule has 6 heteroatoms. The van der Waals surface area contributed by atoms with Crippen LogP contribution in [0.1, 0.15) is 18.9 Å². The van der Waals surface area contributed by atoms with E-state index in [0.29, 0.717) is 12.2 Å². The molecule has 0 atom stereocenters. The minimum absolute atomic E-state index is 0.146. The number of halogens is 4. The van der Waals surface area contributed by atoms with Gasteiger partial charge >= 0.3 is 12.3 Å². The first-order valence-electron chi connectivity index (χ1n) is 7.98. The van der Waals surface area contributed by atoms with Gasteiger partial charge in [-0.1, -0.05) is 43.3 Å². The van der Waals surface area contributed by atoms with Crippen molar-refractivity contribution in [1.82, 2.24) is 0 Å². The third-order valence-corrected chi connectivity index (χ3v) is 3.50. The van der Waals surface area contributed by atoms with Gasteiger partial charge in [0.15, 0.2) is 0 Å². The number of rotatable bonds is 9. The molecule has 0 aliphatic carbocycles. The van der Waals surface area contributed by atoms with Crippen LogP contribution in [0.4, 0.5) is 17.6 Å². The first-order chi connectivity index (χ1) is 11.9. The van der Waals surface area contributed by atoms with Crippen molar-refractivity contribution in [2.45, 2.75) is 32.3 Å². The van der Waals surface area contributed by atoms with E-state index < -0.39 is 19.0 Å². The Kier molecular flexibility index (Phi) is 6.82. The Morgan fingerprint density at radius 1 is 0.920 bits per heavy atom. The van der Waals surface area contributed by atoms with E-state index >= 15 is 0 Å². The third-order valence-electron chi connectivity index (χ3n) is 3.50. The second kappa shape index (κ2) is 8.85. The summed E-state index contributed by atoms with van der Waals surface area (Å²) >= 11 is 0. The lowest BCUT2D eigenvalue weighted by Gasteiger charge is -2.15. The van der Waals surface area contributed by atoms with Crippen molar-refractivity contribution in [3.05, 3.63) is 54.1 Å². The topological polar surface area (TPSA) is 18.5 Å². The zero-order valence-electron chi connectivity index (χ0n) is 13.9. The SMILES string of the molecule is CCCOc1ccc(-c2ccc(COCC(F)(F)C(F)F)cc2)cc1. The fourth-order valence-corrected chi connectivity index (χ4v) is 2.12. The van der Waals surface area contributed by atoms with E-state index in [1.807, 2.05) is 43.3 Å². The van der Waals surface area contributed by atoms with Crippen molar-refractivity contribution < 1.29 is 27.0 Å². The summed E-state index contributed by atoms with van der Waals surface area (Å²) in [7, 11) is 0. The second-order valence-electron chi connectivity index (χ2n) is 5.62. The lowest BCUT2D eigenvalue weighted by atomic mass is 10.0. The van der Waals surface area contributed by atoms with Gasteiger partial charge in [0.05, 0.1) is 13.2 Å². The summed E-state index contributed by atoms with van der Waals surface area (Å²) in [6, 6.07) is 14.7. The summed E-state index contributed by atoms with van der Waals surface area (Å²) in [6.07, 6.45) is -2.78. The molecule has 2 aromatic carbocycles. The Bertz CT molecular complexity index is 639. The molecular formula is C19H20F4O2. The van der Waals surface area contributed by atoms with Gasteiger partial charge in [-0.25, -0.2) is 8.78 Å². The molecule has 0 bridgehead atoms. The standard InChI is InChI=1S/C19H20F4O2/c1-2-11-25-17-9-7-16(8-10-17)15-5-3-14(4-6-15)12-24-13-19(22,23)18(20)21/h3-10,18H,2,11-13H2,1H3. The number of hydrogen-bond donors (Lipinski definition) is 0. The molecule has 0 fully saturated rings. The van der Waals surface area contributed by atoms with E-state index in [1.165, 1.54) is 0 Å². The molecular weight excluding hydrogens is 336 g/mol. The van der Waals surface area contributed by atoms with E-state index in [4.69, 9.17) is 9.47 Å². The van der Waals surface area contributed by atoms with Crippen LogP contribution in [-0.4, -0.2) is 25.6 Å². The molecule has 0 N–H and O–H groups in total. The van der Waals surface area contributed by atoms with Gasteiger partial charge in [0.1, 0.15) is 12.4 Å². The average molecular weight is 356 g/mol. The first kappa shape index (κ1) is 19.2. The van der Waals surface area contributed by atoms with Crippen LogP contribution in [0.15, 0.2) is 48.5 Å². The van der Waals surface area contributed by atoms with Gasteiger partial charge in [0.25, 0.3) is 0 Å². The highest BCUT2D eigenvalue weighted by Gasteiger charge is 2.40. The van der Waals surface area contributed by atoms with Crippen LogP contribution in [0, 0.1) is 0 Å². The Hall–Kier alpha value is -2.08. The largest absolute Gasteiger partial charge is 0.494 e. The maximum atomic E-state index is 12.8. The van der Waals surface area contributed by atoms with Crippen LogP contribution in [0.25, 0.3) is 11.1 Å². The lowest BCUT2D eigenvalue weighted by Crippen LogP contribution is -2.32. The van der Waals surface area contributed by atoms with E-state index in [-0.39, 0.29) is 6.61 Å². The molecule has 0 radical (unpaired) electrons. The average Bonchev–Trinajstić information content (AvgIpc) is 2.61. The van der Waals surface area contributed by atoms with E-state index in [0.717, 1.165) is 23.3 Å². The van der Waals surface area contributed by atoms with Gasteiger partial charge < -0.3 is 9.47 Å². The van der Waals surface area contributed by atoms with Crippen molar-refractivity contribution in [2.24, 2.45) is 0 Å². The molecule has 2 rings (SSSR count). The Balaban J connectivity index is 1.91. The van der Waals surface area contributed by atoms with Crippen LogP contribution in [0.5, 0.6) is 5.75 Å². The fraction of sp³-hybridized carbons (Fsp3) is 0.368. The molecule has 2 aromatic rings. The molecule has 0 saturated heterocycles. The highest BCUT2D eigenvalue weighted by atomic mass is 19.3. The summed E-state index contributed by atoms with van der Waals surface area (Å²) in [5.41, 5.74) is 2.57. The molecule has 0 heterocycles. The van der Waals surface area contributed by atoms with Gasteiger partial charge in [-0.2, -0.15) is 8.78 Å². The summed E-state index contributed by atoms with van der Waals surface area (Å²) in [4.78, 5) is 0. The van der Waals surface area contributed by atoms with Crippen LogP contribution in [0.2, 0.25) is 0 Å². The maximum Gasteiger partial charge on any atom is 0.330 e. The van der Waals surface area contributed by atoms with Crippen LogP contribution in [0.3, 0.4) is 0 Å². The van der Waals surface area contributed by atoms with Gasteiger partial charge in [-0.05, 0) is 35.2 Å². The van der Waals surface area contributed by atoms with E-state index in [1.54, 1.807) is 12.1 Å². The third kappa shape index (κ3) is 5.74.